The van der Waals surface area contributed by atoms with E-state index in [4.69, 9.17) is 21.3 Å². The van der Waals surface area contributed by atoms with Crippen LogP contribution in [0.15, 0.2) is 16.7 Å². The van der Waals surface area contributed by atoms with Crippen molar-refractivity contribution in [3.05, 3.63) is 23.1 Å². The van der Waals surface area contributed by atoms with E-state index >= 15 is 0 Å². The van der Waals surface area contributed by atoms with E-state index in [1.165, 1.54) is 17.2 Å². The van der Waals surface area contributed by atoms with Crippen LogP contribution in [0.5, 0.6) is 0 Å². The maximum Gasteiger partial charge on any atom is 0.259 e. The summed E-state index contributed by atoms with van der Waals surface area (Å²) < 4.78 is 4.79. The average molecular weight is 213 g/mol. The molecular formula is C9H9ClN2O2. The molecule has 0 aliphatic carbocycles. The molecule has 0 unspecified atom stereocenters. The van der Waals surface area contributed by atoms with E-state index in [0.717, 1.165) is 0 Å². The Morgan fingerprint density at radius 2 is 2.50 bits per heavy atom. The van der Waals surface area contributed by atoms with Crippen molar-refractivity contribution in [2.24, 2.45) is 0 Å². The fourth-order valence-electron chi connectivity index (χ4n) is 1.03. The minimum absolute atomic E-state index is 0.0524. The van der Waals surface area contributed by atoms with Crippen LogP contribution in [0.25, 0.3) is 0 Å². The zero-order valence-electron chi connectivity index (χ0n) is 7.66. The Balaban J connectivity index is 2.84. The van der Waals surface area contributed by atoms with E-state index in [2.05, 4.69) is 0 Å². The predicted molar refractivity (Wildman–Crippen MR) is 50.9 cm³/mol. The van der Waals surface area contributed by atoms with Gasteiger partial charge in [-0.05, 0) is 24.6 Å². The van der Waals surface area contributed by atoms with Crippen molar-refractivity contribution in [3.63, 3.8) is 0 Å². The largest absolute Gasteiger partial charge is 0.452 e. The molecule has 1 heterocycles. The molecule has 1 rings (SSSR count). The molecule has 4 nitrogen and oxygen atoms in total. The van der Waals surface area contributed by atoms with E-state index in [0.29, 0.717) is 12.1 Å². The number of nitriles is 1. The predicted octanol–water partition coefficient (Wildman–Crippen LogP) is 1.92. The van der Waals surface area contributed by atoms with E-state index < -0.39 is 0 Å². The molecule has 0 aliphatic heterocycles. The molecule has 0 aromatic carbocycles. The van der Waals surface area contributed by atoms with Gasteiger partial charge in [-0.1, -0.05) is 0 Å². The van der Waals surface area contributed by atoms with E-state index in [-0.39, 0.29) is 17.7 Å². The van der Waals surface area contributed by atoms with E-state index in [9.17, 15) is 4.79 Å². The maximum atomic E-state index is 11.7. The lowest BCUT2D eigenvalue weighted by atomic mass is 10.3. The highest BCUT2D eigenvalue weighted by atomic mass is 35.5. The van der Waals surface area contributed by atoms with Gasteiger partial charge < -0.3 is 9.32 Å². The zero-order chi connectivity index (χ0) is 10.6. The molecule has 1 aromatic heterocycles. The minimum Gasteiger partial charge on any atom is -0.452 e. The number of rotatable bonds is 3. The fraction of sp³-hybridized carbons (Fsp3) is 0.333. The lowest BCUT2D eigenvalue weighted by Gasteiger charge is -2.15. The van der Waals surface area contributed by atoms with Crippen molar-refractivity contribution >= 4 is 17.5 Å². The number of carbonyl (C=O) groups is 1. The topological polar surface area (TPSA) is 57.2 Å². The first-order valence-corrected chi connectivity index (χ1v) is 4.47. The fourth-order valence-corrected chi connectivity index (χ4v) is 1.22. The lowest BCUT2D eigenvalue weighted by Crippen LogP contribution is -2.30. The van der Waals surface area contributed by atoms with Gasteiger partial charge in [0.25, 0.3) is 5.91 Å². The van der Waals surface area contributed by atoms with Crippen LogP contribution in [0.4, 0.5) is 0 Å². The van der Waals surface area contributed by atoms with Crippen LogP contribution in [-0.4, -0.2) is 23.9 Å². The van der Waals surface area contributed by atoms with Gasteiger partial charge in [-0.3, -0.25) is 4.79 Å². The molecule has 74 valence electrons. The summed E-state index contributed by atoms with van der Waals surface area (Å²) in [5.41, 5.74) is 0.295. The van der Waals surface area contributed by atoms with Gasteiger partial charge in [-0.15, -0.1) is 0 Å². The summed E-state index contributed by atoms with van der Waals surface area (Å²) in [6.45, 7) is 2.31. The lowest BCUT2D eigenvalue weighted by molar-refractivity contribution is 0.0783. The summed E-state index contributed by atoms with van der Waals surface area (Å²) >= 11 is 5.64. The van der Waals surface area contributed by atoms with Gasteiger partial charge in [0.2, 0.25) is 5.22 Å². The van der Waals surface area contributed by atoms with Gasteiger partial charge >= 0.3 is 0 Å². The molecule has 0 radical (unpaired) electrons. The molecule has 5 heteroatoms. The summed E-state index contributed by atoms with van der Waals surface area (Å²) in [5.74, 6) is -0.284. The van der Waals surface area contributed by atoms with Crippen molar-refractivity contribution in [2.45, 2.75) is 6.92 Å². The summed E-state index contributed by atoms with van der Waals surface area (Å²) in [4.78, 5) is 13.1. The van der Waals surface area contributed by atoms with E-state index in [1.807, 2.05) is 6.07 Å². The molecule has 0 spiro atoms. The third kappa shape index (κ3) is 2.06. The Labute approximate surface area is 86.7 Å². The third-order valence-electron chi connectivity index (χ3n) is 1.78. The molecule has 0 saturated carbocycles. The minimum atomic E-state index is -0.284. The molecule has 0 aliphatic rings. The number of nitrogens with zero attached hydrogens (tertiary/aromatic N) is 2. The Morgan fingerprint density at radius 1 is 1.79 bits per heavy atom. The van der Waals surface area contributed by atoms with Crippen molar-refractivity contribution in [2.75, 3.05) is 13.1 Å². The quantitative estimate of drug-likeness (QED) is 0.720. The van der Waals surface area contributed by atoms with Crippen LogP contribution >= 0.6 is 11.6 Å². The molecule has 0 saturated heterocycles. The van der Waals surface area contributed by atoms with Crippen molar-refractivity contribution < 1.29 is 9.21 Å². The molecule has 1 amide bonds. The zero-order valence-corrected chi connectivity index (χ0v) is 8.41. The van der Waals surface area contributed by atoms with Gasteiger partial charge in [-0.25, -0.2) is 0 Å². The first-order valence-electron chi connectivity index (χ1n) is 4.10. The van der Waals surface area contributed by atoms with Crippen LogP contribution in [0, 0.1) is 11.3 Å². The Morgan fingerprint density at radius 3 is 2.93 bits per heavy atom. The molecular weight excluding hydrogens is 204 g/mol. The second-order valence-electron chi connectivity index (χ2n) is 2.59. The van der Waals surface area contributed by atoms with Gasteiger partial charge in [-0.2, -0.15) is 5.26 Å². The highest BCUT2D eigenvalue weighted by Gasteiger charge is 2.18. The summed E-state index contributed by atoms with van der Waals surface area (Å²) in [7, 11) is 0. The first kappa shape index (κ1) is 10.6. The van der Waals surface area contributed by atoms with Crippen molar-refractivity contribution in [1.29, 1.82) is 5.26 Å². The second kappa shape index (κ2) is 4.68. The Hall–Kier alpha value is -1.47. The highest BCUT2D eigenvalue weighted by molar-refractivity contribution is 6.32. The van der Waals surface area contributed by atoms with E-state index in [1.54, 1.807) is 6.92 Å². The molecule has 1 aromatic rings. The number of carbonyl (C=O) groups excluding carboxylic acids is 1. The number of furan rings is 1. The number of halogens is 1. The molecule has 0 atom stereocenters. The normalized spacial score (nSPS) is 9.50. The van der Waals surface area contributed by atoms with Crippen LogP contribution in [0.3, 0.4) is 0 Å². The smallest absolute Gasteiger partial charge is 0.259 e. The molecule has 0 fully saturated rings. The van der Waals surface area contributed by atoms with Gasteiger partial charge in [0, 0.05) is 6.54 Å². The standard InChI is InChI=1S/C9H9ClN2O2/c1-2-12(5-4-11)9(13)7-3-6-14-8(7)10/h3,6H,2,5H2,1H3. The van der Waals surface area contributed by atoms with Crippen LogP contribution in [0.1, 0.15) is 17.3 Å². The number of hydrogen-bond acceptors (Lipinski definition) is 3. The third-order valence-corrected chi connectivity index (χ3v) is 2.07. The maximum absolute atomic E-state index is 11.7. The summed E-state index contributed by atoms with van der Waals surface area (Å²) in [5, 5.41) is 8.54. The monoisotopic (exact) mass is 212 g/mol. The van der Waals surface area contributed by atoms with Crippen LogP contribution in [0.2, 0.25) is 5.22 Å². The van der Waals surface area contributed by atoms with Crippen molar-refractivity contribution in [1.82, 2.24) is 4.90 Å². The second-order valence-corrected chi connectivity index (χ2v) is 2.93. The van der Waals surface area contributed by atoms with Gasteiger partial charge in [0.1, 0.15) is 6.54 Å². The Bertz CT molecular complexity index is 367. The Kier molecular flexibility index (Phi) is 3.55. The average Bonchev–Trinajstić information content (AvgIpc) is 2.59. The number of hydrogen-bond donors (Lipinski definition) is 0. The molecule has 0 N–H and O–H groups in total. The van der Waals surface area contributed by atoms with Crippen molar-refractivity contribution in [3.8, 4) is 6.07 Å². The first-order chi connectivity index (χ1) is 6.70. The highest BCUT2D eigenvalue weighted by Crippen LogP contribution is 2.18. The van der Waals surface area contributed by atoms with Gasteiger partial charge in [0.05, 0.1) is 17.9 Å². The van der Waals surface area contributed by atoms with Gasteiger partial charge in [0.15, 0.2) is 0 Å². The summed E-state index contributed by atoms with van der Waals surface area (Å²) in [6.07, 6.45) is 1.34. The number of amides is 1. The van der Waals surface area contributed by atoms with Crippen LogP contribution < -0.4 is 0 Å². The SMILES string of the molecule is CCN(CC#N)C(=O)c1ccoc1Cl. The molecule has 14 heavy (non-hydrogen) atoms. The summed E-state index contributed by atoms with van der Waals surface area (Å²) in [6, 6.07) is 3.40. The molecule has 0 bridgehead atoms. The van der Waals surface area contributed by atoms with Crippen LogP contribution in [-0.2, 0) is 0 Å².